The van der Waals surface area contributed by atoms with Gasteiger partial charge in [-0.3, -0.25) is 0 Å². The Morgan fingerprint density at radius 1 is 1.21 bits per heavy atom. The molecule has 158 valence electrons. The minimum atomic E-state index is 0.357. The first-order valence-electron chi connectivity index (χ1n) is 10.7. The summed E-state index contributed by atoms with van der Waals surface area (Å²) in [4.78, 5) is 4.86. The number of benzene rings is 1. The Labute approximate surface area is 174 Å². The van der Waals surface area contributed by atoms with Crippen LogP contribution in [0.4, 0.5) is 0 Å². The molecule has 0 saturated heterocycles. The number of hydrogen-bond donors (Lipinski definition) is 2. The molecule has 0 unspecified atom stereocenters. The van der Waals surface area contributed by atoms with Crippen LogP contribution < -0.4 is 10.6 Å². The molecule has 0 amide bonds. The summed E-state index contributed by atoms with van der Waals surface area (Å²) >= 11 is 0. The maximum atomic E-state index is 5.32. The van der Waals surface area contributed by atoms with E-state index < -0.39 is 0 Å². The first-order valence-corrected chi connectivity index (χ1v) is 10.7. The van der Waals surface area contributed by atoms with Gasteiger partial charge in [0.15, 0.2) is 5.96 Å². The van der Waals surface area contributed by atoms with Gasteiger partial charge in [0.2, 0.25) is 0 Å². The number of guanidine groups is 1. The lowest BCUT2D eigenvalue weighted by molar-refractivity contribution is 0.0732. The standard InChI is InChI=1S/C23H35N5O/c1-5-24-22(26-17-23(12-9-13-23)14-15-29-4)25-16-21-18(2)27-28(19(21)3)20-10-7-6-8-11-20/h6-8,10-11H,5,9,12-17H2,1-4H3,(H2,24,25,26). The average Bonchev–Trinajstić information content (AvgIpc) is 2.99. The Hall–Kier alpha value is -2.34. The number of rotatable bonds is 9. The van der Waals surface area contributed by atoms with Gasteiger partial charge in [0.25, 0.3) is 0 Å². The van der Waals surface area contributed by atoms with Gasteiger partial charge >= 0.3 is 0 Å². The number of aryl methyl sites for hydroxylation is 1. The first kappa shape index (κ1) is 21.4. The molecule has 1 aromatic heterocycles. The number of aliphatic imine (C=N–C) groups is 1. The van der Waals surface area contributed by atoms with Crippen molar-refractivity contribution in [3.05, 3.63) is 47.3 Å². The van der Waals surface area contributed by atoms with Crippen LogP contribution in [-0.2, 0) is 11.3 Å². The average molecular weight is 398 g/mol. The lowest BCUT2D eigenvalue weighted by Crippen LogP contribution is -2.47. The monoisotopic (exact) mass is 397 g/mol. The molecule has 0 spiro atoms. The van der Waals surface area contributed by atoms with Crippen LogP contribution >= 0.6 is 0 Å². The van der Waals surface area contributed by atoms with E-state index in [9.17, 15) is 0 Å². The molecular formula is C23H35N5O. The smallest absolute Gasteiger partial charge is 0.191 e. The molecule has 0 bridgehead atoms. The van der Waals surface area contributed by atoms with E-state index in [1.165, 1.54) is 24.8 Å². The molecule has 1 aliphatic carbocycles. The fraction of sp³-hybridized carbons (Fsp3) is 0.565. The van der Waals surface area contributed by atoms with Gasteiger partial charge in [0.05, 0.1) is 17.9 Å². The van der Waals surface area contributed by atoms with Gasteiger partial charge in [-0.05, 0) is 57.6 Å². The number of aromatic nitrogens is 2. The molecule has 1 aromatic carbocycles. The summed E-state index contributed by atoms with van der Waals surface area (Å²) in [6.07, 6.45) is 4.96. The first-order chi connectivity index (χ1) is 14.1. The number of para-hydroxylation sites is 1. The Morgan fingerprint density at radius 3 is 2.59 bits per heavy atom. The van der Waals surface area contributed by atoms with Crippen LogP contribution in [0.3, 0.4) is 0 Å². The summed E-state index contributed by atoms with van der Waals surface area (Å²) < 4.78 is 7.32. The predicted molar refractivity (Wildman–Crippen MR) is 119 cm³/mol. The molecule has 6 nitrogen and oxygen atoms in total. The molecule has 1 saturated carbocycles. The molecule has 2 aromatic rings. The van der Waals surface area contributed by atoms with Crippen LogP contribution in [-0.4, -0.2) is 42.5 Å². The zero-order valence-electron chi connectivity index (χ0n) is 18.3. The van der Waals surface area contributed by atoms with Crippen LogP contribution in [0.25, 0.3) is 5.69 Å². The lowest BCUT2D eigenvalue weighted by atomic mass is 9.67. The minimum Gasteiger partial charge on any atom is -0.385 e. The maximum Gasteiger partial charge on any atom is 0.191 e. The molecule has 2 N–H and O–H groups in total. The molecule has 0 atom stereocenters. The van der Waals surface area contributed by atoms with Crippen molar-refractivity contribution in [2.75, 3.05) is 26.8 Å². The highest BCUT2D eigenvalue weighted by atomic mass is 16.5. The van der Waals surface area contributed by atoms with Crippen molar-refractivity contribution >= 4 is 5.96 Å². The van der Waals surface area contributed by atoms with Crippen molar-refractivity contribution in [1.29, 1.82) is 0 Å². The van der Waals surface area contributed by atoms with E-state index in [1.807, 2.05) is 22.9 Å². The molecule has 29 heavy (non-hydrogen) atoms. The fourth-order valence-electron chi connectivity index (χ4n) is 4.01. The number of methoxy groups -OCH3 is 1. The Kier molecular flexibility index (Phi) is 7.31. The van der Waals surface area contributed by atoms with E-state index in [1.54, 1.807) is 7.11 Å². The highest BCUT2D eigenvalue weighted by molar-refractivity contribution is 5.79. The molecule has 1 aliphatic rings. The highest BCUT2D eigenvalue weighted by Gasteiger charge is 2.36. The van der Waals surface area contributed by atoms with Crippen LogP contribution in [0.5, 0.6) is 0 Å². The SMILES string of the molecule is CCNC(=NCc1c(C)nn(-c2ccccc2)c1C)NCC1(CCOC)CCC1. The number of ether oxygens (including phenoxy) is 1. The van der Waals surface area contributed by atoms with Gasteiger partial charge in [-0.25, -0.2) is 9.67 Å². The van der Waals surface area contributed by atoms with Crippen LogP contribution in [0, 0.1) is 19.3 Å². The van der Waals surface area contributed by atoms with Crippen molar-refractivity contribution in [3.63, 3.8) is 0 Å². The third-order valence-corrected chi connectivity index (χ3v) is 6.06. The van der Waals surface area contributed by atoms with Gasteiger partial charge in [-0.15, -0.1) is 0 Å². The maximum absolute atomic E-state index is 5.32. The third-order valence-electron chi connectivity index (χ3n) is 6.06. The van der Waals surface area contributed by atoms with Gasteiger partial charge in [0.1, 0.15) is 0 Å². The minimum absolute atomic E-state index is 0.357. The van der Waals surface area contributed by atoms with Crippen molar-refractivity contribution in [1.82, 2.24) is 20.4 Å². The zero-order valence-corrected chi connectivity index (χ0v) is 18.3. The fourth-order valence-corrected chi connectivity index (χ4v) is 4.01. The molecule has 0 radical (unpaired) electrons. The van der Waals surface area contributed by atoms with Gasteiger partial charge < -0.3 is 15.4 Å². The normalized spacial score (nSPS) is 15.8. The van der Waals surface area contributed by atoms with E-state index in [0.717, 1.165) is 49.2 Å². The Morgan fingerprint density at radius 2 is 1.97 bits per heavy atom. The van der Waals surface area contributed by atoms with E-state index >= 15 is 0 Å². The molecule has 1 fully saturated rings. The Bertz CT molecular complexity index is 808. The van der Waals surface area contributed by atoms with E-state index in [4.69, 9.17) is 14.8 Å². The van der Waals surface area contributed by atoms with E-state index in [2.05, 4.69) is 43.5 Å². The summed E-state index contributed by atoms with van der Waals surface area (Å²) in [5.74, 6) is 0.877. The van der Waals surface area contributed by atoms with Crippen LogP contribution in [0.2, 0.25) is 0 Å². The quantitative estimate of drug-likeness (QED) is 0.500. The highest BCUT2D eigenvalue weighted by Crippen LogP contribution is 2.43. The summed E-state index contributed by atoms with van der Waals surface area (Å²) in [6, 6.07) is 10.3. The van der Waals surface area contributed by atoms with Crippen molar-refractivity contribution in [2.24, 2.45) is 10.4 Å². The molecular weight excluding hydrogens is 362 g/mol. The lowest BCUT2D eigenvalue weighted by Gasteiger charge is -2.42. The number of hydrogen-bond acceptors (Lipinski definition) is 3. The van der Waals surface area contributed by atoms with Crippen LogP contribution in [0.15, 0.2) is 35.3 Å². The predicted octanol–water partition coefficient (Wildman–Crippen LogP) is 3.75. The molecule has 0 aliphatic heterocycles. The Balaban J connectivity index is 1.69. The summed E-state index contributed by atoms with van der Waals surface area (Å²) in [5, 5.41) is 11.7. The molecule has 3 rings (SSSR count). The topological polar surface area (TPSA) is 63.5 Å². The van der Waals surface area contributed by atoms with Crippen LogP contribution in [0.1, 0.15) is 49.6 Å². The molecule has 1 heterocycles. The largest absolute Gasteiger partial charge is 0.385 e. The van der Waals surface area contributed by atoms with Crippen molar-refractivity contribution < 1.29 is 4.74 Å². The van der Waals surface area contributed by atoms with E-state index in [0.29, 0.717) is 12.0 Å². The summed E-state index contributed by atoms with van der Waals surface area (Å²) in [7, 11) is 1.78. The third kappa shape index (κ3) is 5.18. The second-order valence-electron chi connectivity index (χ2n) is 8.04. The number of nitrogens with zero attached hydrogens (tertiary/aromatic N) is 3. The van der Waals surface area contributed by atoms with Crippen molar-refractivity contribution in [2.45, 2.75) is 53.0 Å². The second-order valence-corrected chi connectivity index (χ2v) is 8.04. The summed E-state index contributed by atoms with van der Waals surface area (Å²) in [5.41, 5.74) is 4.79. The molecule has 6 heteroatoms. The van der Waals surface area contributed by atoms with Crippen molar-refractivity contribution in [3.8, 4) is 5.69 Å². The van der Waals surface area contributed by atoms with Gasteiger partial charge in [-0.2, -0.15) is 5.10 Å². The number of nitrogens with one attached hydrogen (secondary N) is 2. The van der Waals surface area contributed by atoms with E-state index in [-0.39, 0.29) is 0 Å². The zero-order chi connectivity index (χ0) is 20.7. The van der Waals surface area contributed by atoms with Gasteiger partial charge in [0, 0.05) is 38.1 Å². The second kappa shape index (κ2) is 9.92. The van der Waals surface area contributed by atoms with Gasteiger partial charge in [-0.1, -0.05) is 24.6 Å². The summed E-state index contributed by atoms with van der Waals surface area (Å²) in [6.45, 7) is 9.52.